The van der Waals surface area contributed by atoms with Gasteiger partial charge in [0.15, 0.2) is 6.10 Å². The molecule has 1 aromatic rings. The van der Waals surface area contributed by atoms with Crippen molar-refractivity contribution in [3.05, 3.63) is 23.8 Å². The molecule has 1 rings (SSSR count). The summed E-state index contributed by atoms with van der Waals surface area (Å²) >= 11 is 0. The zero-order valence-corrected chi connectivity index (χ0v) is 9.97. The SMILES string of the molecule is COc1ccc(OC(C)C(=O)O)c(CCN)c1. The van der Waals surface area contributed by atoms with E-state index in [0.29, 0.717) is 24.5 Å². The van der Waals surface area contributed by atoms with Gasteiger partial charge in [0, 0.05) is 0 Å². The van der Waals surface area contributed by atoms with Crippen LogP contribution in [0, 0.1) is 0 Å². The summed E-state index contributed by atoms with van der Waals surface area (Å²) in [5, 5.41) is 8.79. The minimum absolute atomic E-state index is 0.463. The summed E-state index contributed by atoms with van der Waals surface area (Å²) in [6.07, 6.45) is -0.279. The zero-order valence-electron chi connectivity index (χ0n) is 9.97. The van der Waals surface area contributed by atoms with E-state index in [4.69, 9.17) is 20.3 Å². The van der Waals surface area contributed by atoms with E-state index >= 15 is 0 Å². The molecule has 0 aliphatic carbocycles. The molecule has 0 radical (unpaired) electrons. The first kappa shape index (κ1) is 13.3. The molecule has 5 heteroatoms. The van der Waals surface area contributed by atoms with Crippen LogP contribution < -0.4 is 15.2 Å². The van der Waals surface area contributed by atoms with Gasteiger partial charge < -0.3 is 20.3 Å². The van der Waals surface area contributed by atoms with Gasteiger partial charge in [-0.05, 0) is 43.7 Å². The van der Waals surface area contributed by atoms with Crippen LogP contribution in [0.4, 0.5) is 0 Å². The molecular weight excluding hydrogens is 222 g/mol. The van der Waals surface area contributed by atoms with E-state index in [9.17, 15) is 4.79 Å². The van der Waals surface area contributed by atoms with Crippen molar-refractivity contribution in [1.29, 1.82) is 0 Å². The first-order valence-electron chi connectivity index (χ1n) is 5.35. The lowest BCUT2D eigenvalue weighted by Gasteiger charge is -2.15. The van der Waals surface area contributed by atoms with Crippen LogP contribution in [0.2, 0.25) is 0 Å². The van der Waals surface area contributed by atoms with Crippen molar-refractivity contribution >= 4 is 5.97 Å². The van der Waals surface area contributed by atoms with Gasteiger partial charge in [-0.15, -0.1) is 0 Å². The van der Waals surface area contributed by atoms with Crippen molar-refractivity contribution in [2.75, 3.05) is 13.7 Å². The lowest BCUT2D eigenvalue weighted by atomic mass is 10.1. The van der Waals surface area contributed by atoms with E-state index in [-0.39, 0.29) is 0 Å². The first-order valence-corrected chi connectivity index (χ1v) is 5.35. The van der Waals surface area contributed by atoms with Crippen LogP contribution in [0.5, 0.6) is 11.5 Å². The Morgan fingerprint density at radius 3 is 2.76 bits per heavy atom. The highest BCUT2D eigenvalue weighted by Gasteiger charge is 2.15. The number of ether oxygens (including phenoxy) is 2. The van der Waals surface area contributed by atoms with Gasteiger partial charge in [-0.3, -0.25) is 0 Å². The third-order valence-electron chi connectivity index (χ3n) is 2.33. The van der Waals surface area contributed by atoms with Gasteiger partial charge in [-0.25, -0.2) is 4.79 Å². The number of carboxylic acids is 1. The summed E-state index contributed by atoms with van der Waals surface area (Å²) in [6, 6.07) is 5.23. The number of rotatable bonds is 6. The lowest BCUT2D eigenvalue weighted by molar-refractivity contribution is -0.144. The maximum absolute atomic E-state index is 10.7. The van der Waals surface area contributed by atoms with Gasteiger partial charge in [0.2, 0.25) is 0 Å². The summed E-state index contributed by atoms with van der Waals surface area (Å²) < 4.78 is 10.4. The van der Waals surface area contributed by atoms with Gasteiger partial charge in [-0.1, -0.05) is 0 Å². The quantitative estimate of drug-likeness (QED) is 0.775. The van der Waals surface area contributed by atoms with Gasteiger partial charge in [-0.2, -0.15) is 0 Å². The van der Waals surface area contributed by atoms with Crippen molar-refractivity contribution < 1.29 is 19.4 Å². The minimum atomic E-state index is -1.00. The Balaban J connectivity index is 2.93. The Hall–Kier alpha value is -1.75. The predicted molar refractivity (Wildman–Crippen MR) is 63.5 cm³/mol. The molecule has 0 aliphatic rings. The molecule has 0 bridgehead atoms. The largest absolute Gasteiger partial charge is 0.497 e. The normalized spacial score (nSPS) is 11.9. The second-order valence-electron chi connectivity index (χ2n) is 3.61. The number of hydrogen-bond donors (Lipinski definition) is 2. The lowest BCUT2D eigenvalue weighted by Crippen LogP contribution is -2.23. The van der Waals surface area contributed by atoms with Gasteiger partial charge in [0.1, 0.15) is 11.5 Å². The van der Waals surface area contributed by atoms with Crippen LogP contribution in [0.3, 0.4) is 0 Å². The molecule has 0 amide bonds. The minimum Gasteiger partial charge on any atom is -0.497 e. The van der Waals surface area contributed by atoms with Crippen molar-refractivity contribution in [3.63, 3.8) is 0 Å². The highest BCUT2D eigenvalue weighted by molar-refractivity contribution is 5.72. The number of carboxylic acid groups (broad SMARTS) is 1. The Morgan fingerprint density at radius 2 is 2.24 bits per heavy atom. The third-order valence-corrected chi connectivity index (χ3v) is 2.33. The summed E-state index contributed by atoms with van der Waals surface area (Å²) in [5.74, 6) is 0.231. The van der Waals surface area contributed by atoms with Crippen molar-refractivity contribution in [3.8, 4) is 11.5 Å². The Morgan fingerprint density at radius 1 is 1.53 bits per heavy atom. The van der Waals surface area contributed by atoms with E-state index in [2.05, 4.69) is 0 Å². The van der Waals surface area contributed by atoms with Crippen LogP contribution in [-0.2, 0) is 11.2 Å². The van der Waals surface area contributed by atoms with E-state index < -0.39 is 12.1 Å². The number of nitrogens with two attached hydrogens (primary N) is 1. The number of aliphatic carboxylic acids is 1. The first-order chi connectivity index (χ1) is 8.08. The van der Waals surface area contributed by atoms with E-state index in [1.54, 1.807) is 25.3 Å². The molecule has 5 nitrogen and oxygen atoms in total. The van der Waals surface area contributed by atoms with E-state index in [1.165, 1.54) is 6.92 Å². The van der Waals surface area contributed by atoms with Crippen LogP contribution >= 0.6 is 0 Å². The smallest absolute Gasteiger partial charge is 0.344 e. The molecule has 0 saturated heterocycles. The summed E-state index contributed by atoms with van der Waals surface area (Å²) in [7, 11) is 1.57. The standard InChI is InChI=1S/C12H17NO4/c1-8(12(14)15)17-11-4-3-10(16-2)7-9(11)5-6-13/h3-4,7-8H,5-6,13H2,1-2H3,(H,14,15). The summed E-state index contributed by atoms with van der Waals surface area (Å²) in [4.78, 5) is 10.7. The second-order valence-corrected chi connectivity index (χ2v) is 3.61. The molecule has 3 N–H and O–H groups in total. The highest BCUT2D eigenvalue weighted by atomic mass is 16.5. The molecular formula is C12H17NO4. The molecule has 1 unspecified atom stereocenters. The average molecular weight is 239 g/mol. The molecule has 94 valence electrons. The molecule has 0 heterocycles. The fourth-order valence-electron chi connectivity index (χ4n) is 1.39. The van der Waals surface area contributed by atoms with Crippen LogP contribution in [0.1, 0.15) is 12.5 Å². The Labute approximate surface area is 100 Å². The van der Waals surface area contributed by atoms with Gasteiger partial charge in [0.25, 0.3) is 0 Å². The predicted octanol–water partition coefficient (Wildman–Crippen LogP) is 1.05. The molecule has 17 heavy (non-hydrogen) atoms. The second kappa shape index (κ2) is 6.10. The summed E-state index contributed by atoms with van der Waals surface area (Å²) in [5.41, 5.74) is 6.35. The van der Waals surface area contributed by atoms with Crippen molar-refractivity contribution in [1.82, 2.24) is 0 Å². The topological polar surface area (TPSA) is 81.8 Å². The number of carbonyl (C=O) groups is 1. The third kappa shape index (κ3) is 3.64. The van der Waals surface area contributed by atoms with E-state index in [1.807, 2.05) is 0 Å². The van der Waals surface area contributed by atoms with Crippen molar-refractivity contribution in [2.24, 2.45) is 5.73 Å². The zero-order chi connectivity index (χ0) is 12.8. The number of benzene rings is 1. The molecule has 0 aromatic heterocycles. The molecule has 0 saturated carbocycles. The van der Waals surface area contributed by atoms with Crippen LogP contribution in [0.25, 0.3) is 0 Å². The average Bonchev–Trinajstić information content (AvgIpc) is 2.31. The number of hydrogen-bond acceptors (Lipinski definition) is 4. The van der Waals surface area contributed by atoms with Crippen LogP contribution in [-0.4, -0.2) is 30.8 Å². The highest BCUT2D eigenvalue weighted by Crippen LogP contribution is 2.25. The monoisotopic (exact) mass is 239 g/mol. The van der Waals surface area contributed by atoms with E-state index in [0.717, 1.165) is 5.56 Å². The summed E-state index contributed by atoms with van der Waals surface area (Å²) in [6.45, 7) is 1.95. The Bertz CT molecular complexity index is 392. The molecule has 1 atom stereocenters. The molecule has 1 aromatic carbocycles. The molecule has 0 spiro atoms. The maximum atomic E-state index is 10.7. The Kier molecular flexibility index (Phi) is 4.78. The van der Waals surface area contributed by atoms with Crippen molar-refractivity contribution in [2.45, 2.75) is 19.4 Å². The maximum Gasteiger partial charge on any atom is 0.344 e. The number of methoxy groups -OCH3 is 1. The van der Waals surface area contributed by atoms with Crippen LogP contribution in [0.15, 0.2) is 18.2 Å². The van der Waals surface area contributed by atoms with Gasteiger partial charge >= 0.3 is 5.97 Å². The fraction of sp³-hybridized carbons (Fsp3) is 0.417. The van der Waals surface area contributed by atoms with Gasteiger partial charge in [0.05, 0.1) is 7.11 Å². The fourth-order valence-corrected chi connectivity index (χ4v) is 1.39. The molecule has 0 aliphatic heterocycles. The molecule has 0 fully saturated rings.